The molecule has 0 saturated carbocycles. The summed E-state index contributed by atoms with van der Waals surface area (Å²) >= 11 is 6.07. The van der Waals surface area contributed by atoms with Crippen LogP contribution in [0.3, 0.4) is 0 Å². The van der Waals surface area contributed by atoms with Crippen molar-refractivity contribution in [3.63, 3.8) is 0 Å². The van der Waals surface area contributed by atoms with Crippen LogP contribution in [0.5, 0.6) is 0 Å². The van der Waals surface area contributed by atoms with E-state index in [-0.39, 0.29) is 11.1 Å². The molecule has 0 saturated heterocycles. The van der Waals surface area contributed by atoms with Crippen LogP contribution in [0.15, 0.2) is 30.3 Å². The van der Waals surface area contributed by atoms with Crippen molar-refractivity contribution in [2.75, 3.05) is 10.2 Å². The highest BCUT2D eigenvalue weighted by molar-refractivity contribution is 6.28. The first-order chi connectivity index (χ1) is 13.7. The third kappa shape index (κ3) is 7.18. The molecule has 1 heterocycles. The van der Waals surface area contributed by atoms with Crippen LogP contribution in [0.1, 0.15) is 47.1 Å². The number of hydrogen-bond acceptors (Lipinski definition) is 7. The Bertz CT molecular complexity index is 890. The van der Waals surface area contributed by atoms with Crippen molar-refractivity contribution < 1.29 is 19.1 Å². The topological polar surface area (TPSA) is 93.7 Å². The van der Waals surface area contributed by atoms with Crippen LogP contribution in [-0.2, 0) is 9.47 Å². The van der Waals surface area contributed by atoms with Crippen molar-refractivity contribution in [2.45, 2.75) is 59.7 Å². The number of halogens is 1. The first-order valence-corrected chi connectivity index (χ1v) is 9.76. The van der Waals surface area contributed by atoms with E-state index in [1.165, 1.54) is 6.07 Å². The second-order valence-electron chi connectivity index (χ2n) is 8.67. The van der Waals surface area contributed by atoms with Gasteiger partial charge in [-0.25, -0.2) is 14.6 Å². The Morgan fingerprint density at radius 2 is 1.43 bits per heavy atom. The van der Waals surface area contributed by atoms with Gasteiger partial charge in [0.15, 0.2) is 5.82 Å². The van der Waals surface area contributed by atoms with Gasteiger partial charge >= 0.3 is 12.2 Å². The molecule has 0 atom stereocenters. The van der Waals surface area contributed by atoms with E-state index in [1.54, 1.807) is 41.5 Å². The number of anilines is 3. The Morgan fingerprint density at radius 3 is 1.90 bits per heavy atom. The number of nitrogens with zero attached hydrogens (tertiary/aromatic N) is 3. The molecule has 0 aliphatic carbocycles. The number of rotatable bonds is 3. The molecule has 0 unspecified atom stereocenters. The molecule has 1 aromatic heterocycles. The number of nitrogens with one attached hydrogen (secondary N) is 1. The predicted molar refractivity (Wildman–Crippen MR) is 116 cm³/mol. The molecule has 162 valence electrons. The Morgan fingerprint density at radius 1 is 0.933 bits per heavy atom. The van der Waals surface area contributed by atoms with Crippen LogP contribution < -0.4 is 10.2 Å². The van der Waals surface area contributed by atoms with Crippen molar-refractivity contribution in [3.05, 3.63) is 41.2 Å². The SMILES string of the molecule is Cc1ccc(Nc2cc(N(C(=O)OC(C)(C)C)C(=O)OC(C)(C)C)nc(Cl)n2)cc1. The summed E-state index contributed by atoms with van der Waals surface area (Å²) in [5, 5.41) is 2.92. The van der Waals surface area contributed by atoms with Gasteiger partial charge in [0, 0.05) is 11.8 Å². The van der Waals surface area contributed by atoms with Crippen molar-refractivity contribution in [2.24, 2.45) is 0 Å². The lowest BCUT2D eigenvalue weighted by molar-refractivity contribution is 0.0429. The lowest BCUT2D eigenvalue weighted by Gasteiger charge is -2.28. The van der Waals surface area contributed by atoms with E-state index in [4.69, 9.17) is 21.1 Å². The van der Waals surface area contributed by atoms with Gasteiger partial charge in [0.25, 0.3) is 0 Å². The zero-order valence-electron chi connectivity index (χ0n) is 18.2. The zero-order valence-corrected chi connectivity index (χ0v) is 19.0. The lowest BCUT2D eigenvalue weighted by atomic mass is 10.2. The van der Waals surface area contributed by atoms with E-state index >= 15 is 0 Å². The molecule has 2 aromatic rings. The quantitative estimate of drug-likeness (QED) is 0.604. The van der Waals surface area contributed by atoms with Gasteiger partial charge in [-0.2, -0.15) is 9.88 Å². The van der Waals surface area contributed by atoms with Gasteiger partial charge in [-0.3, -0.25) is 0 Å². The van der Waals surface area contributed by atoms with E-state index < -0.39 is 23.4 Å². The molecule has 0 spiro atoms. The molecule has 0 bridgehead atoms. The molecule has 30 heavy (non-hydrogen) atoms. The van der Waals surface area contributed by atoms with Crippen LogP contribution in [0.4, 0.5) is 26.9 Å². The Hall–Kier alpha value is -2.87. The summed E-state index contributed by atoms with van der Waals surface area (Å²) in [5.41, 5.74) is 0.180. The Balaban J connectivity index is 2.43. The maximum atomic E-state index is 12.8. The second-order valence-corrected chi connectivity index (χ2v) is 9.01. The van der Waals surface area contributed by atoms with Crippen LogP contribution in [0, 0.1) is 6.92 Å². The van der Waals surface area contributed by atoms with Crippen molar-refractivity contribution in [3.8, 4) is 0 Å². The fourth-order valence-electron chi connectivity index (χ4n) is 2.25. The monoisotopic (exact) mass is 434 g/mol. The van der Waals surface area contributed by atoms with Gasteiger partial charge in [-0.15, -0.1) is 0 Å². The van der Waals surface area contributed by atoms with E-state index in [0.717, 1.165) is 11.3 Å². The van der Waals surface area contributed by atoms with Gasteiger partial charge < -0.3 is 14.8 Å². The van der Waals surface area contributed by atoms with Gasteiger partial charge in [0.05, 0.1) is 0 Å². The summed E-state index contributed by atoms with van der Waals surface area (Å²) in [6, 6.07) is 9.01. The van der Waals surface area contributed by atoms with Crippen molar-refractivity contribution in [1.29, 1.82) is 0 Å². The molecule has 0 aliphatic rings. The largest absolute Gasteiger partial charge is 0.443 e. The van der Waals surface area contributed by atoms with E-state index in [2.05, 4.69) is 15.3 Å². The highest BCUT2D eigenvalue weighted by Crippen LogP contribution is 2.25. The molecule has 2 amide bonds. The summed E-state index contributed by atoms with van der Waals surface area (Å²) in [7, 11) is 0. The number of carbonyl (C=O) groups excluding carboxylic acids is 2. The fraction of sp³-hybridized carbons (Fsp3) is 0.429. The zero-order chi connectivity index (χ0) is 22.7. The summed E-state index contributed by atoms with van der Waals surface area (Å²) in [4.78, 5) is 34.4. The van der Waals surface area contributed by atoms with Gasteiger partial charge in [-0.05, 0) is 72.2 Å². The average Bonchev–Trinajstić information content (AvgIpc) is 2.53. The minimum atomic E-state index is -0.937. The number of benzene rings is 1. The standard InChI is InChI=1S/C21H27ClN4O4/c1-13-8-10-14(11-9-13)23-15-12-16(25-17(22)24-15)26(18(27)29-20(2,3)4)19(28)30-21(5,6)7/h8-12H,1-7H3,(H,23,24,25). The number of aryl methyl sites for hydroxylation is 1. The van der Waals surface area contributed by atoms with Crippen molar-refractivity contribution >= 4 is 41.1 Å². The summed E-state index contributed by atoms with van der Waals surface area (Å²) in [6.07, 6.45) is -1.87. The van der Waals surface area contributed by atoms with E-state index in [9.17, 15) is 9.59 Å². The van der Waals surface area contributed by atoms with E-state index in [1.807, 2.05) is 31.2 Å². The fourth-order valence-corrected chi connectivity index (χ4v) is 2.42. The molecule has 0 radical (unpaired) electrons. The molecular weight excluding hydrogens is 408 g/mol. The highest BCUT2D eigenvalue weighted by Gasteiger charge is 2.34. The third-order valence-electron chi connectivity index (χ3n) is 3.39. The minimum Gasteiger partial charge on any atom is -0.443 e. The van der Waals surface area contributed by atoms with Gasteiger partial charge in [0.2, 0.25) is 5.28 Å². The Kier molecular flexibility index (Phi) is 6.92. The predicted octanol–water partition coefficient (Wildman–Crippen LogP) is 5.86. The number of carbonyl (C=O) groups is 2. The van der Waals surface area contributed by atoms with Crippen LogP contribution in [0.25, 0.3) is 0 Å². The second kappa shape index (κ2) is 8.87. The molecule has 1 N–H and O–H groups in total. The molecule has 8 nitrogen and oxygen atoms in total. The lowest BCUT2D eigenvalue weighted by Crippen LogP contribution is -2.44. The summed E-state index contributed by atoms with van der Waals surface area (Å²) < 4.78 is 10.7. The molecule has 9 heteroatoms. The first-order valence-electron chi connectivity index (χ1n) is 9.38. The number of hydrogen-bond donors (Lipinski definition) is 1. The number of amides is 2. The number of ether oxygens (including phenoxy) is 2. The summed E-state index contributed by atoms with van der Waals surface area (Å²) in [6.45, 7) is 12.1. The smallest absolute Gasteiger partial charge is 0.425 e. The first kappa shape index (κ1) is 23.4. The number of imide groups is 1. The maximum absolute atomic E-state index is 12.8. The van der Waals surface area contributed by atoms with Crippen molar-refractivity contribution in [1.82, 2.24) is 9.97 Å². The average molecular weight is 435 g/mol. The van der Waals surface area contributed by atoms with E-state index in [0.29, 0.717) is 10.7 Å². The van der Waals surface area contributed by atoms with Gasteiger partial charge in [0.1, 0.15) is 17.0 Å². The Labute approximate surface area is 181 Å². The summed E-state index contributed by atoms with van der Waals surface area (Å²) in [5.74, 6) is 0.221. The molecule has 2 rings (SSSR count). The molecule has 0 aliphatic heterocycles. The van der Waals surface area contributed by atoms with Crippen LogP contribution >= 0.6 is 11.6 Å². The van der Waals surface area contributed by atoms with Gasteiger partial charge in [-0.1, -0.05) is 17.7 Å². The van der Waals surface area contributed by atoms with Crippen LogP contribution in [0.2, 0.25) is 5.28 Å². The maximum Gasteiger partial charge on any atom is 0.425 e. The molecule has 0 fully saturated rings. The highest BCUT2D eigenvalue weighted by atomic mass is 35.5. The normalized spacial score (nSPS) is 11.6. The minimum absolute atomic E-state index is 0.0758. The third-order valence-corrected chi connectivity index (χ3v) is 3.56. The number of aromatic nitrogens is 2. The molecular formula is C21H27ClN4O4. The molecule has 1 aromatic carbocycles. The van der Waals surface area contributed by atoms with Crippen LogP contribution in [-0.4, -0.2) is 33.4 Å².